The average Bonchev–Trinajstić information content (AvgIpc) is 2.49. The molecule has 0 aliphatic carbocycles. The van der Waals surface area contributed by atoms with Gasteiger partial charge in [0, 0.05) is 0 Å². The van der Waals surface area contributed by atoms with Crippen LogP contribution in [-0.2, 0) is 33.2 Å². The minimum Gasteiger partial charge on any atom is -0.720 e. The molecular weight excluding hydrogens is 597 g/mol. The predicted molar refractivity (Wildman–Crippen MR) is 65.4 cm³/mol. The van der Waals surface area contributed by atoms with Crippen LogP contribution in [0.4, 0.5) is 70.2 Å². The maximum atomic E-state index is 13.7. The van der Waals surface area contributed by atoms with Crippen LogP contribution in [-0.4, -0.2) is 60.4 Å². The van der Waals surface area contributed by atoms with Crippen molar-refractivity contribution in [2.45, 2.75) is 47.8 Å². The van der Waals surface area contributed by atoms with Crippen LogP contribution in [0.5, 0.6) is 0 Å². The number of alkyl halides is 16. The number of ether oxygens (including phenoxy) is 2. The van der Waals surface area contributed by atoms with E-state index in [4.69, 9.17) is 4.78 Å². The summed E-state index contributed by atoms with van der Waals surface area (Å²) in [6.45, 7) is 0. The first-order valence-corrected chi connectivity index (χ1v) is 9.32. The Bertz CT molecular complexity index is 917. The zero-order valence-electron chi connectivity index (χ0n) is 14.9. The maximum Gasteiger partial charge on any atom is 1.00 e. The third-order valence-electron chi connectivity index (χ3n) is 2.59. The summed E-state index contributed by atoms with van der Waals surface area (Å²) in [6.07, 6.45) is -32.9. The van der Waals surface area contributed by atoms with Gasteiger partial charge < -0.3 is 4.78 Å². The molecule has 0 saturated carbocycles. The van der Waals surface area contributed by atoms with Crippen molar-refractivity contribution in [3.05, 3.63) is 4.78 Å². The number of hydrogen-bond acceptors (Lipinski definition) is 6. The van der Waals surface area contributed by atoms with Gasteiger partial charge in [0.1, 0.15) is 0 Å². The quantitative estimate of drug-likeness (QED) is 0.278. The van der Waals surface area contributed by atoms with E-state index in [2.05, 4.69) is 0 Å². The molecular formula is C8H2F16NNaO6S2. The van der Waals surface area contributed by atoms with Crippen molar-refractivity contribution in [1.82, 2.24) is 0 Å². The van der Waals surface area contributed by atoms with Gasteiger partial charge in [0.15, 0.2) is 0 Å². The van der Waals surface area contributed by atoms with Crippen LogP contribution in [0, 0.1) is 0 Å². The van der Waals surface area contributed by atoms with Crippen molar-refractivity contribution in [3.8, 4) is 0 Å². The summed E-state index contributed by atoms with van der Waals surface area (Å²) in [4.78, 5) is 0. The summed E-state index contributed by atoms with van der Waals surface area (Å²) in [5.41, 5.74) is -6.85. The van der Waals surface area contributed by atoms with Gasteiger partial charge in [-0.15, -0.1) is 0 Å². The predicted octanol–water partition coefficient (Wildman–Crippen LogP) is 1.41. The van der Waals surface area contributed by atoms with Crippen molar-refractivity contribution in [3.63, 3.8) is 0 Å². The summed E-state index contributed by atoms with van der Waals surface area (Å²) < 4.78 is 249. The Labute approximate surface area is 198 Å². The second-order valence-corrected chi connectivity index (χ2v) is 8.37. The van der Waals surface area contributed by atoms with Gasteiger partial charge in [-0.05, 0) is 0 Å². The number of hydrogen-bond donors (Lipinski definition) is 0. The van der Waals surface area contributed by atoms with Crippen LogP contribution in [0.15, 0.2) is 0 Å². The first kappa shape index (κ1) is 35.8. The Balaban J connectivity index is 0. The van der Waals surface area contributed by atoms with Crippen molar-refractivity contribution in [2.75, 3.05) is 0 Å². The molecule has 0 aliphatic rings. The van der Waals surface area contributed by atoms with Gasteiger partial charge in [0.2, 0.25) is 0 Å². The number of halogens is 16. The van der Waals surface area contributed by atoms with Gasteiger partial charge in [0.05, 0.1) is 10.0 Å². The van der Waals surface area contributed by atoms with Crippen molar-refractivity contribution < 1.29 is 126 Å². The average molecular weight is 599 g/mol. The van der Waals surface area contributed by atoms with Crippen LogP contribution in [0.3, 0.4) is 0 Å². The summed E-state index contributed by atoms with van der Waals surface area (Å²) in [6, 6.07) is 0. The molecule has 0 rings (SSSR count). The Morgan fingerprint density at radius 1 is 0.706 bits per heavy atom. The molecule has 26 heteroatoms. The standard InChI is InChI=1S/C8H2F16NO6S2.Na/c9-1(10)2(11)29-5(16,17)3(12,4(13,14)15)30-6(18,19)7(20,21)33(27,28)31-32(25,26)8(22,23)24;/h1-2H;/q-1;+1. The maximum absolute atomic E-state index is 13.7. The third kappa shape index (κ3) is 6.90. The largest absolute Gasteiger partial charge is 1.00 e. The molecule has 0 aliphatic heterocycles. The summed E-state index contributed by atoms with van der Waals surface area (Å²) in [7, 11) is -15.9. The van der Waals surface area contributed by atoms with Gasteiger partial charge in [-0.2, -0.15) is 69.1 Å². The molecule has 0 radical (unpaired) electrons. The smallest absolute Gasteiger partial charge is 0.720 e. The molecule has 3 unspecified atom stereocenters. The summed E-state index contributed by atoms with van der Waals surface area (Å²) >= 11 is 0. The first-order chi connectivity index (χ1) is 14.0. The summed E-state index contributed by atoms with van der Waals surface area (Å²) in [5, 5.41) is -7.83. The van der Waals surface area contributed by atoms with Gasteiger partial charge >= 0.3 is 74.7 Å². The van der Waals surface area contributed by atoms with E-state index in [9.17, 15) is 82.9 Å². The van der Waals surface area contributed by atoms with Gasteiger partial charge in [0.25, 0.3) is 12.8 Å². The Kier molecular flexibility index (Phi) is 10.7. The van der Waals surface area contributed by atoms with Crippen LogP contribution < -0.4 is 29.6 Å². The second-order valence-electron chi connectivity index (χ2n) is 4.99. The van der Waals surface area contributed by atoms with Crippen LogP contribution in [0.1, 0.15) is 0 Å². The van der Waals surface area contributed by atoms with E-state index in [1.54, 1.807) is 0 Å². The molecule has 0 N–H and O–H groups in total. The third-order valence-corrected chi connectivity index (χ3v) is 5.50. The van der Waals surface area contributed by atoms with E-state index in [0.717, 1.165) is 0 Å². The molecule has 0 aromatic carbocycles. The van der Waals surface area contributed by atoms with Crippen LogP contribution in [0.25, 0.3) is 4.78 Å². The zero-order valence-corrected chi connectivity index (χ0v) is 18.5. The monoisotopic (exact) mass is 599 g/mol. The van der Waals surface area contributed by atoms with E-state index in [1.165, 1.54) is 4.74 Å². The van der Waals surface area contributed by atoms with Gasteiger partial charge in [-0.1, -0.05) is 0 Å². The molecule has 3 atom stereocenters. The molecule has 0 bridgehead atoms. The van der Waals surface area contributed by atoms with Crippen molar-refractivity contribution >= 4 is 20.1 Å². The molecule has 0 saturated heterocycles. The Morgan fingerprint density at radius 3 is 1.38 bits per heavy atom. The number of rotatable bonds is 10. The van der Waals surface area contributed by atoms with Gasteiger partial charge in [-0.3, -0.25) is 13.7 Å². The molecule has 0 aromatic heterocycles. The van der Waals surface area contributed by atoms with Crippen molar-refractivity contribution in [2.24, 2.45) is 0 Å². The molecule has 0 fully saturated rings. The molecule has 0 spiro atoms. The first-order valence-electron chi connectivity index (χ1n) is 6.47. The van der Waals surface area contributed by atoms with Gasteiger partial charge in [-0.25, -0.2) is 13.2 Å². The van der Waals surface area contributed by atoms with Crippen LogP contribution in [0.2, 0.25) is 0 Å². The van der Waals surface area contributed by atoms with Crippen molar-refractivity contribution in [1.29, 1.82) is 0 Å². The Hall–Kier alpha value is -0.340. The minimum atomic E-state index is -8.33. The SMILES string of the molecule is [N-]=S(=O)(OS(=O)(=O)C(F)(F)C(F)(F)OC(F)(C(F)(F)F)C(F)(F)OC(F)C(F)F)C(F)(F)F.[Na+]. The molecule has 200 valence electrons. The van der Waals surface area contributed by atoms with E-state index in [1.807, 2.05) is 8.37 Å². The van der Waals surface area contributed by atoms with Crippen LogP contribution >= 0.6 is 0 Å². The topological polar surface area (TPSA) is 101 Å². The molecule has 0 amide bonds. The van der Waals surface area contributed by atoms with E-state index in [-0.39, 0.29) is 29.6 Å². The minimum absolute atomic E-state index is 0. The zero-order chi connectivity index (χ0) is 27.3. The fourth-order valence-corrected chi connectivity index (χ4v) is 3.09. The Morgan fingerprint density at radius 2 is 1.09 bits per heavy atom. The second kappa shape index (κ2) is 10.2. The fraction of sp³-hybridized carbons (Fsp3) is 1.00. The molecule has 34 heavy (non-hydrogen) atoms. The van der Waals surface area contributed by atoms with E-state index in [0.29, 0.717) is 0 Å². The number of nitrogens with zero attached hydrogens (tertiary/aromatic N) is 1. The normalized spacial score (nSPS) is 19.2. The van der Waals surface area contributed by atoms with E-state index < -0.39 is 67.9 Å². The molecule has 0 heterocycles. The molecule has 7 nitrogen and oxygen atoms in total. The fourth-order valence-electron chi connectivity index (χ4n) is 1.14. The summed E-state index contributed by atoms with van der Waals surface area (Å²) in [5.74, 6) is -7.81. The van der Waals surface area contributed by atoms with E-state index >= 15 is 0 Å². The molecule has 0 aromatic rings.